The molecule has 32 heavy (non-hydrogen) atoms. The van der Waals surface area contributed by atoms with Crippen molar-refractivity contribution < 1.29 is 24.2 Å². The van der Waals surface area contributed by atoms with Gasteiger partial charge in [0.05, 0.1) is 7.11 Å². The third-order valence-corrected chi connectivity index (χ3v) is 5.21. The lowest BCUT2D eigenvalue weighted by atomic mass is 10.0. The number of rotatable bonds is 9. The summed E-state index contributed by atoms with van der Waals surface area (Å²) in [6, 6.07) is 26.3. The number of nitrogens with zero attached hydrogens (tertiary/aromatic N) is 1. The molecule has 6 heteroatoms. The van der Waals surface area contributed by atoms with E-state index in [0.29, 0.717) is 12.8 Å². The number of aryl methyl sites for hydroxylation is 1. The van der Waals surface area contributed by atoms with Crippen LogP contribution in [0.5, 0.6) is 0 Å². The number of aliphatic hydroxyl groups is 1. The Bertz CT molecular complexity index is 990. The first kappa shape index (κ1) is 23.0. The molecular weight excluding hydrogens is 406 g/mol. The fraction of sp³-hybridized carbons (Fsp3) is 0.231. The van der Waals surface area contributed by atoms with Crippen molar-refractivity contribution in [3.63, 3.8) is 0 Å². The highest BCUT2D eigenvalue weighted by atomic mass is 16.6. The molecule has 3 aromatic carbocycles. The fourth-order valence-electron chi connectivity index (χ4n) is 3.42. The number of carbonyl (C=O) groups is 2. The minimum atomic E-state index is -0.956. The second kappa shape index (κ2) is 11.7. The van der Waals surface area contributed by atoms with Gasteiger partial charge in [0.2, 0.25) is 0 Å². The summed E-state index contributed by atoms with van der Waals surface area (Å²) in [6.45, 7) is -0.606. The lowest BCUT2D eigenvalue weighted by Crippen LogP contribution is -2.46. The smallest absolute Gasteiger partial charge is 0.412 e. The summed E-state index contributed by atoms with van der Waals surface area (Å²) in [4.78, 5) is 25.9. The molecule has 3 aromatic rings. The number of methoxy groups -OCH3 is 1. The van der Waals surface area contributed by atoms with E-state index in [1.54, 1.807) is 0 Å². The zero-order chi connectivity index (χ0) is 22.8. The number of aliphatic hydroxyl groups excluding tert-OH is 1. The highest BCUT2D eigenvalue weighted by Crippen LogP contribution is 2.21. The Morgan fingerprint density at radius 2 is 1.44 bits per heavy atom. The van der Waals surface area contributed by atoms with Gasteiger partial charge in [0.25, 0.3) is 0 Å². The third-order valence-electron chi connectivity index (χ3n) is 5.21. The standard InChI is InChI=1S/C26H27NO5/c1-31-25(29)24(27(19-28)26(30)32-18-21-8-4-2-5-9-21)17-14-20-12-15-23(16-13-20)22-10-6-3-7-11-22/h2-13,15-16,24,28H,14,17-19H2,1H3/t24-/m0/s1. The quantitative estimate of drug-likeness (QED) is 0.399. The normalized spacial score (nSPS) is 11.4. The van der Waals surface area contributed by atoms with Gasteiger partial charge in [-0.15, -0.1) is 0 Å². The van der Waals surface area contributed by atoms with E-state index in [9.17, 15) is 14.7 Å². The predicted octanol–water partition coefficient (Wildman–Crippen LogP) is 4.42. The highest BCUT2D eigenvalue weighted by Gasteiger charge is 2.31. The highest BCUT2D eigenvalue weighted by molar-refractivity contribution is 5.81. The minimum Gasteiger partial charge on any atom is -0.467 e. The first-order chi connectivity index (χ1) is 15.6. The molecule has 0 aromatic heterocycles. The molecule has 0 aliphatic heterocycles. The number of esters is 1. The van der Waals surface area contributed by atoms with Crippen LogP contribution in [0.15, 0.2) is 84.9 Å². The molecule has 1 amide bonds. The van der Waals surface area contributed by atoms with E-state index in [4.69, 9.17) is 9.47 Å². The topological polar surface area (TPSA) is 76.1 Å². The van der Waals surface area contributed by atoms with Crippen molar-refractivity contribution in [3.05, 3.63) is 96.1 Å². The number of benzene rings is 3. The molecule has 0 heterocycles. The monoisotopic (exact) mass is 433 g/mol. The largest absolute Gasteiger partial charge is 0.467 e. The van der Waals surface area contributed by atoms with Gasteiger partial charge in [-0.05, 0) is 35.1 Å². The molecule has 0 unspecified atom stereocenters. The van der Waals surface area contributed by atoms with E-state index in [2.05, 4.69) is 0 Å². The molecule has 1 N–H and O–H groups in total. The Morgan fingerprint density at radius 1 is 0.844 bits per heavy atom. The van der Waals surface area contributed by atoms with Crippen molar-refractivity contribution in [2.75, 3.05) is 13.8 Å². The SMILES string of the molecule is COC(=O)[C@H](CCc1ccc(-c2ccccc2)cc1)N(CO)C(=O)OCc1ccccc1. The van der Waals surface area contributed by atoms with Crippen LogP contribution in [0.4, 0.5) is 4.79 Å². The van der Waals surface area contributed by atoms with Gasteiger partial charge in [0.1, 0.15) is 19.4 Å². The summed E-state index contributed by atoms with van der Waals surface area (Å²) in [6.07, 6.45) is 0.0431. The molecule has 0 saturated carbocycles. The van der Waals surface area contributed by atoms with Crippen molar-refractivity contribution in [1.29, 1.82) is 0 Å². The van der Waals surface area contributed by atoms with Crippen LogP contribution >= 0.6 is 0 Å². The van der Waals surface area contributed by atoms with Crippen LogP contribution < -0.4 is 0 Å². The van der Waals surface area contributed by atoms with Crippen LogP contribution in [0.1, 0.15) is 17.5 Å². The summed E-state index contributed by atoms with van der Waals surface area (Å²) in [5, 5.41) is 9.79. The van der Waals surface area contributed by atoms with Crippen molar-refractivity contribution in [2.24, 2.45) is 0 Å². The van der Waals surface area contributed by atoms with E-state index >= 15 is 0 Å². The molecule has 0 aliphatic carbocycles. The summed E-state index contributed by atoms with van der Waals surface area (Å²) < 4.78 is 10.2. The van der Waals surface area contributed by atoms with Crippen LogP contribution in [-0.2, 0) is 27.3 Å². The van der Waals surface area contributed by atoms with Gasteiger partial charge >= 0.3 is 12.1 Å². The van der Waals surface area contributed by atoms with Gasteiger partial charge in [-0.1, -0.05) is 84.9 Å². The van der Waals surface area contributed by atoms with E-state index in [1.807, 2.05) is 84.9 Å². The van der Waals surface area contributed by atoms with E-state index in [1.165, 1.54) is 7.11 Å². The van der Waals surface area contributed by atoms with Crippen LogP contribution in [0.25, 0.3) is 11.1 Å². The second-order valence-corrected chi connectivity index (χ2v) is 7.29. The number of hydrogen-bond acceptors (Lipinski definition) is 5. The Labute approximate surface area is 188 Å². The molecule has 6 nitrogen and oxygen atoms in total. The average molecular weight is 434 g/mol. The zero-order valence-corrected chi connectivity index (χ0v) is 18.0. The lowest BCUT2D eigenvalue weighted by Gasteiger charge is -2.27. The lowest BCUT2D eigenvalue weighted by molar-refractivity contribution is -0.148. The van der Waals surface area contributed by atoms with Gasteiger partial charge in [-0.3, -0.25) is 4.90 Å². The van der Waals surface area contributed by atoms with Crippen LogP contribution in [0.2, 0.25) is 0 Å². The molecular formula is C26H27NO5. The van der Waals surface area contributed by atoms with Gasteiger partial charge < -0.3 is 14.6 Å². The van der Waals surface area contributed by atoms with Crippen molar-refractivity contribution in [2.45, 2.75) is 25.5 Å². The Balaban J connectivity index is 1.64. The van der Waals surface area contributed by atoms with Crippen LogP contribution in [0, 0.1) is 0 Å². The van der Waals surface area contributed by atoms with Crippen molar-refractivity contribution >= 4 is 12.1 Å². The predicted molar refractivity (Wildman–Crippen MR) is 122 cm³/mol. The number of carbonyl (C=O) groups excluding carboxylic acids is 2. The van der Waals surface area contributed by atoms with Gasteiger partial charge in [-0.2, -0.15) is 0 Å². The molecule has 1 atom stereocenters. The van der Waals surface area contributed by atoms with Crippen molar-refractivity contribution in [3.8, 4) is 11.1 Å². The molecule has 0 bridgehead atoms. The maximum absolute atomic E-state index is 12.6. The zero-order valence-electron chi connectivity index (χ0n) is 18.0. The van der Waals surface area contributed by atoms with Crippen molar-refractivity contribution in [1.82, 2.24) is 4.90 Å². The molecule has 166 valence electrons. The number of ether oxygens (including phenoxy) is 2. The number of amides is 1. The summed E-state index contributed by atoms with van der Waals surface area (Å²) in [7, 11) is 1.26. The summed E-state index contributed by atoms with van der Waals surface area (Å²) in [5.74, 6) is -0.600. The second-order valence-electron chi connectivity index (χ2n) is 7.29. The summed E-state index contributed by atoms with van der Waals surface area (Å²) >= 11 is 0. The maximum Gasteiger partial charge on any atom is 0.412 e. The molecule has 0 fully saturated rings. The Morgan fingerprint density at radius 3 is 2.03 bits per heavy atom. The minimum absolute atomic E-state index is 0.0466. The first-order valence-electron chi connectivity index (χ1n) is 10.4. The fourth-order valence-corrected chi connectivity index (χ4v) is 3.42. The van der Waals surface area contributed by atoms with E-state index < -0.39 is 24.8 Å². The molecule has 0 aliphatic rings. The summed E-state index contributed by atoms with van der Waals surface area (Å²) in [5.41, 5.74) is 4.04. The molecule has 0 spiro atoms. The Hall–Kier alpha value is -3.64. The average Bonchev–Trinajstić information content (AvgIpc) is 2.86. The van der Waals surface area contributed by atoms with Gasteiger partial charge in [0, 0.05) is 0 Å². The van der Waals surface area contributed by atoms with E-state index in [-0.39, 0.29) is 6.61 Å². The third kappa shape index (κ3) is 6.18. The Kier molecular flexibility index (Phi) is 8.40. The molecule has 3 rings (SSSR count). The maximum atomic E-state index is 12.6. The molecule has 0 saturated heterocycles. The van der Waals surface area contributed by atoms with E-state index in [0.717, 1.165) is 27.2 Å². The van der Waals surface area contributed by atoms with Crippen LogP contribution in [0.3, 0.4) is 0 Å². The van der Waals surface area contributed by atoms with Crippen LogP contribution in [-0.4, -0.2) is 42.0 Å². The number of hydrogen-bond donors (Lipinski definition) is 1. The van der Waals surface area contributed by atoms with Gasteiger partial charge in [0.15, 0.2) is 0 Å². The first-order valence-corrected chi connectivity index (χ1v) is 10.4. The van der Waals surface area contributed by atoms with Gasteiger partial charge in [-0.25, -0.2) is 9.59 Å². The molecule has 0 radical (unpaired) electrons.